The number of ether oxygens (including phenoxy) is 2. The van der Waals surface area contributed by atoms with Crippen LogP contribution in [0.4, 0.5) is 0 Å². The van der Waals surface area contributed by atoms with Gasteiger partial charge in [-0.15, -0.1) is 0 Å². The first-order valence-electron chi connectivity index (χ1n) is 20.2. The highest BCUT2D eigenvalue weighted by molar-refractivity contribution is 7.99. The van der Waals surface area contributed by atoms with Crippen molar-refractivity contribution in [2.45, 2.75) is 155 Å². The molecule has 0 saturated carbocycles. The van der Waals surface area contributed by atoms with Crippen LogP contribution in [0.2, 0.25) is 0 Å². The van der Waals surface area contributed by atoms with E-state index in [1.807, 2.05) is 73.7 Å². The van der Waals surface area contributed by atoms with Crippen LogP contribution in [0.15, 0.2) is 72.8 Å². The summed E-state index contributed by atoms with van der Waals surface area (Å²) in [6, 6.07) is 19.2. The Kier molecular flexibility index (Phi) is 18.6. The Hall–Kier alpha value is -2.68. The normalized spacial score (nSPS) is 17.6. The van der Waals surface area contributed by atoms with E-state index in [1.165, 1.54) is 54.9 Å². The fraction of sp³-hybridized carbons (Fsp3) is 0.622. The van der Waals surface area contributed by atoms with Gasteiger partial charge in [-0.1, -0.05) is 152 Å². The number of hydrogen-bond donors (Lipinski definition) is 1. The van der Waals surface area contributed by atoms with Crippen molar-refractivity contribution >= 4 is 41.0 Å². The summed E-state index contributed by atoms with van der Waals surface area (Å²) < 4.78 is 12.6. The van der Waals surface area contributed by atoms with E-state index in [1.54, 1.807) is 26.8 Å². The minimum atomic E-state index is -2.10. The molecule has 0 radical (unpaired) electrons. The van der Waals surface area contributed by atoms with E-state index in [-0.39, 0.29) is 17.5 Å². The van der Waals surface area contributed by atoms with Gasteiger partial charge in [-0.3, -0.25) is 9.69 Å². The maximum absolute atomic E-state index is 15.2. The Morgan fingerprint density at radius 3 is 1.91 bits per heavy atom. The fourth-order valence-electron chi connectivity index (χ4n) is 7.29. The molecule has 1 fully saturated rings. The van der Waals surface area contributed by atoms with Crippen molar-refractivity contribution < 1.29 is 24.2 Å². The molecule has 1 amide bonds. The molecule has 294 valence electrons. The van der Waals surface area contributed by atoms with Gasteiger partial charge in [0.1, 0.15) is 5.60 Å². The Morgan fingerprint density at radius 1 is 0.868 bits per heavy atom. The molecule has 1 aliphatic rings. The third kappa shape index (κ3) is 12.4. The first-order valence-corrected chi connectivity index (χ1v) is 21.8. The van der Waals surface area contributed by atoms with Gasteiger partial charge in [-0.05, 0) is 82.5 Å². The standard InChI is InChI=1S/C45H67NO5S2/c1-8-10-12-16-25-33-53-34-26-17-14-13-15-24-31-38(44(49,32-11-9-2)41(48)50-43(5,6)7)40(47)46-39(35(3)4)45(51-42(46)52,36-27-20-18-21-28-36)37-29-22-19-23-30-37/h18-24,27-31,35,38-39,49H,8-17,25-26,32-34H2,1-7H3/b31-24+/t38-,39+,44+/m1/s1. The number of thiocarbonyl (C=S) groups is 1. The van der Waals surface area contributed by atoms with Gasteiger partial charge >= 0.3 is 5.97 Å². The number of nitrogens with zero attached hydrogens (tertiary/aromatic N) is 1. The molecule has 1 saturated heterocycles. The predicted molar refractivity (Wildman–Crippen MR) is 225 cm³/mol. The molecule has 0 unspecified atom stereocenters. The van der Waals surface area contributed by atoms with Crippen LogP contribution in [-0.4, -0.2) is 55.8 Å². The molecular weight excluding hydrogens is 699 g/mol. The highest BCUT2D eigenvalue weighted by atomic mass is 32.2. The first kappa shape index (κ1) is 44.7. The Balaban J connectivity index is 1.91. The van der Waals surface area contributed by atoms with Crippen molar-refractivity contribution in [2.75, 3.05) is 11.5 Å². The number of hydrogen-bond acceptors (Lipinski definition) is 7. The zero-order valence-corrected chi connectivity index (χ0v) is 35.2. The van der Waals surface area contributed by atoms with E-state index in [9.17, 15) is 9.90 Å². The quantitative estimate of drug-likeness (QED) is 0.0522. The van der Waals surface area contributed by atoms with Crippen molar-refractivity contribution in [3.63, 3.8) is 0 Å². The SMILES string of the molecule is CCCCCCCSCCCCCC/C=C/[C@H](C(=O)N1C(=S)OC(c2ccccc2)(c2ccccc2)[C@@H]1C(C)C)[C@@](O)(CCCC)C(=O)OC(C)(C)C. The average Bonchev–Trinajstić information content (AvgIpc) is 3.46. The highest BCUT2D eigenvalue weighted by Crippen LogP contribution is 2.48. The van der Waals surface area contributed by atoms with Crippen LogP contribution in [-0.2, 0) is 24.7 Å². The molecule has 2 aromatic carbocycles. The molecule has 3 atom stereocenters. The lowest BCUT2D eigenvalue weighted by Gasteiger charge is -2.40. The second-order valence-corrected chi connectivity index (χ2v) is 17.5. The average molecular weight is 766 g/mol. The minimum absolute atomic E-state index is 0.0284. The number of esters is 1. The zero-order chi connectivity index (χ0) is 38.9. The fourth-order valence-corrected chi connectivity index (χ4v) is 8.65. The van der Waals surface area contributed by atoms with Crippen molar-refractivity contribution in [1.82, 2.24) is 4.90 Å². The van der Waals surface area contributed by atoms with E-state index < -0.39 is 40.6 Å². The maximum atomic E-state index is 15.2. The van der Waals surface area contributed by atoms with Crippen LogP contribution >= 0.6 is 24.0 Å². The molecule has 1 N–H and O–H groups in total. The van der Waals surface area contributed by atoms with Crippen molar-refractivity contribution in [3.8, 4) is 0 Å². The summed E-state index contributed by atoms with van der Waals surface area (Å²) in [7, 11) is 0. The molecule has 0 bridgehead atoms. The number of aliphatic hydroxyl groups is 1. The Morgan fingerprint density at radius 2 is 1.40 bits per heavy atom. The second kappa shape index (κ2) is 22.0. The molecule has 0 aromatic heterocycles. The Bertz CT molecular complexity index is 1380. The lowest BCUT2D eigenvalue weighted by atomic mass is 9.75. The summed E-state index contributed by atoms with van der Waals surface area (Å²) in [5.74, 6) is -0.162. The molecular formula is C45H67NO5S2. The third-order valence-corrected chi connectivity index (χ3v) is 11.4. The van der Waals surface area contributed by atoms with Crippen LogP contribution in [0, 0.1) is 11.8 Å². The van der Waals surface area contributed by atoms with Crippen molar-refractivity contribution in [1.29, 1.82) is 0 Å². The summed E-state index contributed by atoms with van der Waals surface area (Å²) in [5, 5.41) is 12.5. The summed E-state index contributed by atoms with van der Waals surface area (Å²) in [6.45, 7) is 13.7. The van der Waals surface area contributed by atoms with Gasteiger partial charge in [0.15, 0.2) is 11.2 Å². The molecule has 3 rings (SSSR count). The molecule has 8 heteroatoms. The molecule has 0 spiro atoms. The summed E-state index contributed by atoms with van der Waals surface area (Å²) in [6.07, 6.45) is 16.8. The summed E-state index contributed by atoms with van der Waals surface area (Å²) >= 11 is 8.01. The summed E-state index contributed by atoms with van der Waals surface area (Å²) in [5.41, 5.74) is -2.32. The number of thioether (sulfide) groups is 1. The van der Waals surface area contributed by atoms with Crippen LogP contribution in [0.3, 0.4) is 0 Å². The van der Waals surface area contributed by atoms with Crippen LogP contribution in [0.1, 0.15) is 143 Å². The van der Waals surface area contributed by atoms with E-state index >= 15 is 4.79 Å². The molecule has 1 aliphatic heterocycles. The van der Waals surface area contributed by atoms with Gasteiger partial charge in [-0.25, -0.2) is 4.79 Å². The predicted octanol–water partition coefficient (Wildman–Crippen LogP) is 11.2. The number of carbonyl (C=O) groups is 2. The zero-order valence-electron chi connectivity index (χ0n) is 33.6. The lowest BCUT2D eigenvalue weighted by Crippen LogP contribution is -2.57. The van der Waals surface area contributed by atoms with Crippen LogP contribution in [0.25, 0.3) is 0 Å². The van der Waals surface area contributed by atoms with Gasteiger partial charge < -0.3 is 14.6 Å². The number of benzene rings is 2. The number of unbranched alkanes of at least 4 members (excludes halogenated alkanes) is 9. The van der Waals surface area contributed by atoms with Gasteiger partial charge in [-0.2, -0.15) is 11.8 Å². The molecule has 53 heavy (non-hydrogen) atoms. The van der Waals surface area contributed by atoms with Gasteiger partial charge in [0, 0.05) is 11.1 Å². The number of rotatable bonds is 23. The van der Waals surface area contributed by atoms with E-state index in [0.29, 0.717) is 6.42 Å². The maximum Gasteiger partial charge on any atom is 0.339 e. The van der Waals surface area contributed by atoms with E-state index in [2.05, 4.69) is 32.5 Å². The molecule has 0 aliphatic carbocycles. The van der Waals surface area contributed by atoms with Gasteiger partial charge in [0.25, 0.3) is 5.17 Å². The van der Waals surface area contributed by atoms with Crippen molar-refractivity contribution in [3.05, 3.63) is 83.9 Å². The molecule has 2 aromatic rings. The first-order chi connectivity index (χ1) is 25.3. The summed E-state index contributed by atoms with van der Waals surface area (Å²) in [4.78, 5) is 30.8. The second-order valence-electron chi connectivity index (χ2n) is 15.9. The number of carbonyl (C=O) groups excluding carboxylic acids is 2. The largest absolute Gasteiger partial charge is 0.458 e. The monoisotopic (exact) mass is 765 g/mol. The van der Waals surface area contributed by atoms with Gasteiger partial charge in [0.2, 0.25) is 5.91 Å². The highest BCUT2D eigenvalue weighted by Gasteiger charge is 2.60. The topological polar surface area (TPSA) is 76.1 Å². The van der Waals surface area contributed by atoms with E-state index in [0.717, 1.165) is 43.2 Å². The molecule has 1 heterocycles. The number of amides is 1. The lowest BCUT2D eigenvalue weighted by molar-refractivity contribution is -0.185. The van der Waals surface area contributed by atoms with E-state index in [4.69, 9.17) is 21.7 Å². The Labute approximate surface area is 330 Å². The molecule has 6 nitrogen and oxygen atoms in total. The van der Waals surface area contributed by atoms with Crippen LogP contribution < -0.4 is 0 Å². The smallest absolute Gasteiger partial charge is 0.339 e. The van der Waals surface area contributed by atoms with Crippen LogP contribution in [0.5, 0.6) is 0 Å². The van der Waals surface area contributed by atoms with Gasteiger partial charge in [0.05, 0.1) is 12.0 Å². The minimum Gasteiger partial charge on any atom is -0.458 e. The number of allylic oxidation sites excluding steroid dienone is 1. The third-order valence-electron chi connectivity index (χ3n) is 9.99. The van der Waals surface area contributed by atoms with Crippen molar-refractivity contribution in [2.24, 2.45) is 11.8 Å².